The Morgan fingerprint density at radius 2 is 2.03 bits per heavy atom. The molecule has 2 aliphatic heterocycles. The number of carbonyl (C=O) groups excluding carboxylic acids is 3. The molecule has 3 N–H and O–H groups in total. The lowest BCUT2D eigenvalue weighted by Crippen LogP contribution is -2.60. The molecule has 3 rings (SSSR count). The third kappa shape index (κ3) is 6.27. The van der Waals surface area contributed by atoms with Gasteiger partial charge in [0.05, 0.1) is 12.5 Å². The van der Waals surface area contributed by atoms with E-state index >= 15 is 0 Å². The molecule has 0 radical (unpaired) electrons. The quantitative estimate of drug-likeness (QED) is 0.531. The number of rotatable bonds is 7. The molecule has 0 spiro atoms. The van der Waals surface area contributed by atoms with Crippen molar-refractivity contribution in [2.45, 2.75) is 37.4 Å². The van der Waals surface area contributed by atoms with Crippen LogP contribution in [-0.4, -0.2) is 84.2 Å². The van der Waals surface area contributed by atoms with Crippen molar-refractivity contribution < 1.29 is 32.7 Å². The van der Waals surface area contributed by atoms with Crippen molar-refractivity contribution in [3.05, 3.63) is 29.8 Å². The number of piperidine rings is 1. The Bertz CT molecular complexity index is 849. The maximum Gasteiger partial charge on any atom is 0.405 e. The van der Waals surface area contributed by atoms with Crippen molar-refractivity contribution in [1.82, 2.24) is 15.1 Å². The number of nitrogens with zero attached hydrogens (tertiary/aromatic N) is 2. The normalized spacial score (nSPS) is 23.1. The Morgan fingerprint density at radius 1 is 1.25 bits per heavy atom. The molecule has 2 fully saturated rings. The smallest absolute Gasteiger partial charge is 0.396 e. The molecule has 11 heteroatoms. The van der Waals surface area contributed by atoms with E-state index in [1.807, 2.05) is 0 Å². The Labute approximate surface area is 183 Å². The molecular formula is C21H27F3N4O4. The summed E-state index contributed by atoms with van der Waals surface area (Å²) in [4.78, 5) is 38.7. The van der Waals surface area contributed by atoms with Gasteiger partial charge in [0.15, 0.2) is 0 Å². The van der Waals surface area contributed by atoms with Crippen molar-refractivity contribution in [1.29, 1.82) is 0 Å². The number of hydrogen-bond acceptors (Lipinski definition) is 6. The molecule has 2 saturated heterocycles. The lowest BCUT2D eigenvalue weighted by molar-refractivity contribution is -0.197. The number of piperazine rings is 1. The number of benzene rings is 1. The standard InChI is InChI=1S/C21H27F3N4O4/c22-21(23,24)17-12-27(7-2-10-29)8-9-28(17)13-19(31)25-15-4-1-3-14(11-15)16-5-6-18(30)26-20(16)32/h1,3-4,11,16-17,29H,2,5-10,12-13H2,(H,25,31)(H,26,30,32). The van der Waals surface area contributed by atoms with Crippen LogP contribution in [0.25, 0.3) is 0 Å². The van der Waals surface area contributed by atoms with Crippen LogP contribution in [0.3, 0.4) is 0 Å². The molecule has 32 heavy (non-hydrogen) atoms. The minimum atomic E-state index is -4.48. The summed E-state index contributed by atoms with van der Waals surface area (Å²) in [5.74, 6) is -1.84. The number of amides is 3. The first-order valence-electron chi connectivity index (χ1n) is 10.5. The Balaban J connectivity index is 1.62. The molecule has 0 saturated carbocycles. The average Bonchev–Trinajstić information content (AvgIpc) is 2.72. The summed E-state index contributed by atoms with van der Waals surface area (Å²) in [7, 11) is 0. The summed E-state index contributed by atoms with van der Waals surface area (Å²) in [6.45, 7) is 0.0834. The van der Waals surface area contributed by atoms with E-state index in [2.05, 4.69) is 10.6 Å². The van der Waals surface area contributed by atoms with Crippen LogP contribution in [0.15, 0.2) is 24.3 Å². The predicted molar refractivity (Wildman–Crippen MR) is 110 cm³/mol. The van der Waals surface area contributed by atoms with Crippen molar-refractivity contribution >= 4 is 23.4 Å². The summed E-state index contributed by atoms with van der Waals surface area (Å²) in [6, 6.07) is 4.79. The SMILES string of the molecule is O=C1CCC(c2cccc(NC(=O)CN3CCN(CCCO)CC3C(F)(F)F)c2)C(=O)N1. The lowest BCUT2D eigenvalue weighted by Gasteiger charge is -2.41. The van der Waals surface area contributed by atoms with Gasteiger partial charge in [0, 0.05) is 44.9 Å². The molecule has 2 aliphatic rings. The second-order valence-electron chi connectivity index (χ2n) is 8.08. The highest BCUT2D eigenvalue weighted by Crippen LogP contribution is 2.29. The fourth-order valence-electron chi connectivity index (χ4n) is 4.10. The van der Waals surface area contributed by atoms with Gasteiger partial charge in [-0.15, -0.1) is 0 Å². The monoisotopic (exact) mass is 456 g/mol. The van der Waals surface area contributed by atoms with E-state index < -0.39 is 36.5 Å². The Morgan fingerprint density at radius 3 is 2.72 bits per heavy atom. The Kier molecular flexibility index (Phi) is 7.86. The van der Waals surface area contributed by atoms with Gasteiger partial charge in [-0.1, -0.05) is 12.1 Å². The van der Waals surface area contributed by atoms with E-state index in [-0.39, 0.29) is 32.0 Å². The van der Waals surface area contributed by atoms with Crippen molar-refractivity contribution in [3.63, 3.8) is 0 Å². The van der Waals surface area contributed by atoms with Crippen LogP contribution in [0, 0.1) is 0 Å². The number of alkyl halides is 3. The zero-order valence-corrected chi connectivity index (χ0v) is 17.5. The number of halogens is 3. The van der Waals surface area contributed by atoms with Crippen molar-refractivity contribution in [2.24, 2.45) is 0 Å². The first kappa shape index (κ1) is 24.1. The van der Waals surface area contributed by atoms with Crippen LogP contribution >= 0.6 is 0 Å². The molecule has 0 bridgehead atoms. The minimum absolute atomic E-state index is 0.0827. The molecule has 1 aromatic rings. The highest BCUT2D eigenvalue weighted by Gasteiger charge is 2.46. The number of aliphatic hydroxyl groups is 1. The fraction of sp³-hybridized carbons (Fsp3) is 0.571. The van der Waals surface area contributed by atoms with E-state index in [1.54, 1.807) is 29.2 Å². The predicted octanol–water partition coefficient (Wildman–Crippen LogP) is 1.08. The highest BCUT2D eigenvalue weighted by atomic mass is 19.4. The van der Waals surface area contributed by atoms with Crippen LogP contribution in [0.4, 0.5) is 18.9 Å². The molecule has 1 aromatic carbocycles. The summed E-state index contributed by atoms with van der Waals surface area (Å²) in [6.07, 6.45) is -3.51. The summed E-state index contributed by atoms with van der Waals surface area (Å²) < 4.78 is 40.7. The molecular weight excluding hydrogens is 429 g/mol. The zero-order chi connectivity index (χ0) is 23.3. The fourth-order valence-corrected chi connectivity index (χ4v) is 4.10. The highest BCUT2D eigenvalue weighted by molar-refractivity contribution is 6.01. The van der Waals surface area contributed by atoms with Gasteiger partial charge >= 0.3 is 6.18 Å². The van der Waals surface area contributed by atoms with E-state index in [0.717, 1.165) is 4.90 Å². The summed E-state index contributed by atoms with van der Waals surface area (Å²) >= 11 is 0. The maximum atomic E-state index is 13.6. The van der Waals surface area contributed by atoms with Gasteiger partial charge in [-0.05, 0) is 30.5 Å². The molecule has 0 aromatic heterocycles. The first-order valence-corrected chi connectivity index (χ1v) is 10.5. The van der Waals surface area contributed by atoms with Gasteiger partial charge in [0.1, 0.15) is 6.04 Å². The van der Waals surface area contributed by atoms with E-state index in [9.17, 15) is 27.6 Å². The first-order chi connectivity index (χ1) is 15.2. The Hall–Kier alpha value is -2.50. The summed E-state index contributed by atoms with van der Waals surface area (Å²) in [5, 5.41) is 13.8. The van der Waals surface area contributed by atoms with E-state index in [0.29, 0.717) is 37.2 Å². The number of anilines is 1. The van der Waals surface area contributed by atoms with Gasteiger partial charge < -0.3 is 15.3 Å². The number of aliphatic hydroxyl groups excluding tert-OH is 1. The molecule has 8 nitrogen and oxygen atoms in total. The van der Waals surface area contributed by atoms with Crippen LogP contribution in [0.5, 0.6) is 0 Å². The van der Waals surface area contributed by atoms with E-state index in [1.165, 1.54) is 0 Å². The van der Waals surface area contributed by atoms with Gasteiger partial charge in [0.2, 0.25) is 17.7 Å². The second-order valence-corrected chi connectivity index (χ2v) is 8.08. The van der Waals surface area contributed by atoms with E-state index in [4.69, 9.17) is 5.11 Å². The number of hydrogen-bond donors (Lipinski definition) is 3. The molecule has 176 valence electrons. The third-order valence-electron chi connectivity index (χ3n) is 5.74. The molecule has 2 heterocycles. The molecule has 2 unspecified atom stereocenters. The van der Waals surface area contributed by atoms with Crippen LogP contribution in [0.2, 0.25) is 0 Å². The van der Waals surface area contributed by atoms with Crippen LogP contribution in [-0.2, 0) is 14.4 Å². The van der Waals surface area contributed by atoms with Crippen molar-refractivity contribution in [3.8, 4) is 0 Å². The van der Waals surface area contributed by atoms with Gasteiger partial charge in [-0.3, -0.25) is 24.6 Å². The average molecular weight is 456 g/mol. The zero-order valence-electron chi connectivity index (χ0n) is 17.5. The molecule has 0 aliphatic carbocycles. The van der Waals surface area contributed by atoms with Crippen LogP contribution < -0.4 is 10.6 Å². The molecule has 2 atom stereocenters. The topological polar surface area (TPSA) is 102 Å². The molecule has 3 amide bonds. The van der Waals surface area contributed by atoms with Crippen LogP contribution in [0.1, 0.15) is 30.7 Å². The summed E-state index contributed by atoms with van der Waals surface area (Å²) in [5.41, 5.74) is 1.00. The van der Waals surface area contributed by atoms with Gasteiger partial charge in [-0.25, -0.2) is 0 Å². The lowest BCUT2D eigenvalue weighted by atomic mass is 9.90. The second kappa shape index (κ2) is 10.4. The van der Waals surface area contributed by atoms with Crippen molar-refractivity contribution in [2.75, 3.05) is 44.6 Å². The number of nitrogens with one attached hydrogen (secondary N) is 2. The maximum absolute atomic E-state index is 13.6. The third-order valence-corrected chi connectivity index (χ3v) is 5.74. The van der Waals surface area contributed by atoms with Gasteiger partial charge in [0.25, 0.3) is 0 Å². The minimum Gasteiger partial charge on any atom is -0.396 e. The number of imide groups is 1. The largest absolute Gasteiger partial charge is 0.405 e. The number of carbonyl (C=O) groups is 3. The van der Waals surface area contributed by atoms with Gasteiger partial charge in [-0.2, -0.15) is 13.2 Å².